The fourth-order valence-electron chi connectivity index (χ4n) is 1.63. The van der Waals surface area contributed by atoms with Crippen molar-refractivity contribution in [3.8, 4) is 0 Å². The number of nitro groups is 1. The van der Waals surface area contributed by atoms with E-state index in [2.05, 4.69) is 4.99 Å². The molecule has 0 spiro atoms. The van der Waals surface area contributed by atoms with E-state index in [0.717, 1.165) is 0 Å². The van der Waals surface area contributed by atoms with Crippen molar-refractivity contribution < 1.29 is 14.8 Å². The van der Waals surface area contributed by atoms with E-state index in [9.17, 15) is 14.9 Å². The molecule has 0 unspecified atom stereocenters. The van der Waals surface area contributed by atoms with Gasteiger partial charge in [-0.05, 0) is 17.7 Å². The number of hydrogen-bond donors (Lipinski definition) is 1. The number of non-ortho nitro benzene ring substituents is 1. The highest BCUT2D eigenvalue weighted by Gasteiger charge is 2.08. The molecule has 2 aromatic carbocycles. The fourth-order valence-corrected chi connectivity index (χ4v) is 1.63. The third kappa shape index (κ3) is 3.05. The van der Waals surface area contributed by atoms with Gasteiger partial charge in [-0.1, -0.05) is 24.3 Å². The molecule has 0 radical (unpaired) electrons. The molecule has 0 fully saturated rings. The number of hydrogen-bond acceptors (Lipinski definition) is 4. The molecule has 6 heteroatoms. The molecule has 0 bridgehead atoms. The van der Waals surface area contributed by atoms with Crippen LogP contribution in [0.3, 0.4) is 0 Å². The number of carboxylic acid groups (broad SMARTS) is 1. The lowest BCUT2D eigenvalue weighted by Gasteiger charge is -1.99. The first-order valence-electron chi connectivity index (χ1n) is 5.69. The van der Waals surface area contributed by atoms with Crippen molar-refractivity contribution in [2.75, 3.05) is 0 Å². The zero-order valence-electron chi connectivity index (χ0n) is 10.3. The van der Waals surface area contributed by atoms with Gasteiger partial charge >= 0.3 is 5.97 Å². The van der Waals surface area contributed by atoms with Crippen LogP contribution in [0.25, 0.3) is 0 Å². The molecule has 0 aromatic heterocycles. The van der Waals surface area contributed by atoms with E-state index < -0.39 is 10.9 Å². The maximum absolute atomic E-state index is 11.0. The predicted molar refractivity (Wildman–Crippen MR) is 73.8 cm³/mol. The summed E-state index contributed by atoms with van der Waals surface area (Å²) in [6, 6.07) is 12.2. The highest BCUT2D eigenvalue weighted by Crippen LogP contribution is 2.19. The van der Waals surface area contributed by atoms with Gasteiger partial charge in [0.2, 0.25) is 0 Å². The van der Waals surface area contributed by atoms with Crippen molar-refractivity contribution in [1.82, 2.24) is 0 Å². The molecule has 20 heavy (non-hydrogen) atoms. The molecule has 0 aliphatic rings. The molecule has 2 rings (SSSR count). The summed E-state index contributed by atoms with van der Waals surface area (Å²) in [6.45, 7) is 0. The minimum Gasteiger partial charge on any atom is -0.478 e. The average Bonchev–Trinajstić information content (AvgIpc) is 2.45. The fraction of sp³-hybridized carbons (Fsp3) is 0. The number of aromatic carboxylic acids is 1. The SMILES string of the molecule is O=C(O)c1ccccc1/N=C/c1cccc([N+](=O)[O-])c1. The number of carbonyl (C=O) groups is 1. The van der Waals surface area contributed by atoms with E-state index >= 15 is 0 Å². The van der Waals surface area contributed by atoms with E-state index in [-0.39, 0.29) is 11.3 Å². The van der Waals surface area contributed by atoms with Crippen LogP contribution in [0, 0.1) is 10.1 Å². The largest absolute Gasteiger partial charge is 0.478 e. The number of carboxylic acids is 1. The lowest BCUT2D eigenvalue weighted by atomic mass is 10.2. The van der Waals surface area contributed by atoms with Gasteiger partial charge in [-0.15, -0.1) is 0 Å². The smallest absolute Gasteiger partial charge is 0.337 e. The predicted octanol–water partition coefficient (Wildman–Crippen LogP) is 3.04. The summed E-state index contributed by atoms with van der Waals surface area (Å²) < 4.78 is 0. The van der Waals surface area contributed by atoms with Gasteiger partial charge in [0.1, 0.15) is 0 Å². The van der Waals surface area contributed by atoms with Crippen molar-refractivity contribution in [3.63, 3.8) is 0 Å². The molecule has 0 atom stereocenters. The van der Waals surface area contributed by atoms with Crippen LogP contribution >= 0.6 is 0 Å². The van der Waals surface area contributed by atoms with Crippen molar-refractivity contribution in [3.05, 3.63) is 69.8 Å². The van der Waals surface area contributed by atoms with Gasteiger partial charge in [-0.25, -0.2) is 4.79 Å². The summed E-state index contributed by atoms with van der Waals surface area (Å²) in [7, 11) is 0. The minimum atomic E-state index is -1.07. The summed E-state index contributed by atoms with van der Waals surface area (Å²) in [5.74, 6) is -1.07. The van der Waals surface area contributed by atoms with Crippen molar-refractivity contribution in [2.24, 2.45) is 4.99 Å². The summed E-state index contributed by atoms with van der Waals surface area (Å²) in [6.07, 6.45) is 1.40. The number of para-hydroxylation sites is 1. The second kappa shape index (κ2) is 5.75. The lowest BCUT2D eigenvalue weighted by molar-refractivity contribution is -0.384. The lowest BCUT2D eigenvalue weighted by Crippen LogP contribution is -1.96. The summed E-state index contributed by atoms with van der Waals surface area (Å²) in [5.41, 5.74) is 0.862. The second-order valence-electron chi connectivity index (χ2n) is 3.93. The molecule has 2 aromatic rings. The van der Waals surface area contributed by atoms with E-state index in [0.29, 0.717) is 11.3 Å². The van der Waals surface area contributed by atoms with E-state index in [4.69, 9.17) is 5.11 Å². The maximum Gasteiger partial charge on any atom is 0.337 e. The monoisotopic (exact) mass is 270 g/mol. The molecule has 100 valence electrons. The van der Waals surface area contributed by atoms with Crippen molar-refractivity contribution in [2.45, 2.75) is 0 Å². The third-order valence-corrected chi connectivity index (χ3v) is 2.57. The summed E-state index contributed by atoms with van der Waals surface area (Å²) in [5, 5.41) is 19.7. The number of benzene rings is 2. The Labute approximate surface area is 114 Å². The molecule has 0 saturated heterocycles. The first-order chi connectivity index (χ1) is 9.58. The highest BCUT2D eigenvalue weighted by atomic mass is 16.6. The third-order valence-electron chi connectivity index (χ3n) is 2.57. The van der Waals surface area contributed by atoms with Gasteiger partial charge in [0.15, 0.2) is 0 Å². The van der Waals surface area contributed by atoms with E-state index in [1.807, 2.05) is 0 Å². The quantitative estimate of drug-likeness (QED) is 0.525. The van der Waals surface area contributed by atoms with Gasteiger partial charge in [0, 0.05) is 18.3 Å². The maximum atomic E-state index is 11.0. The van der Waals surface area contributed by atoms with Gasteiger partial charge in [0.05, 0.1) is 16.2 Å². The van der Waals surface area contributed by atoms with Crippen LogP contribution in [0.2, 0.25) is 0 Å². The first kappa shape index (κ1) is 13.4. The Balaban J connectivity index is 2.32. The van der Waals surface area contributed by atoms with Crippen LogP contribution in [-0.2, 0) is 0 Å². The Hall–Kier alpha value is -3.02. The molecule has 0 aliphatic carbocycles. The zero-order chi connectivity index (χ0) is 14.5. The van der Waals surface area contributed by atoms with E-state index in [1.54, 1.807) is 30.3 Å². The standard InChI is InChI=1S/C14H10N2O4/c17-14(18)12-6-1-2-7-13(12)15-9-10-4-3-5-11(8-10)16(19)20/h1-9H,(H,17,18)/b15-9+. The van der Waals surface area contributed by atoms with Crippen molar-refractivity contribution >= 4 is 23.6 Å². The van der Waals surface area contributed by atoms with Gasteiger partial charge < -0.3 is 5.11 Å². The second-order valence-corrected chi connectivity index (χ2v) is 3.93. The average molecular weight is 270 g/mol. The van der Waals surface area contributed by atoms with Gasteiger partial charge in [-0.3, -0.25) is 15.1 Å². The minimum absolute atomic E-state index is 0.0412. The van der Waals surface area contributed by atoms with Gasteiger partial charge in [-0.2, -0.15) is 0 Å². The molecule has 0 saturated carbocycles. The normalized spacial score (nSPS) is 10.6. The Bertz CT molecular complexity index is 695. The van der Waals surface area contributed by atoms with Crippen LogP contribution in [0.1, 0.15) is 15.9 Å². The van der Waals surface area contributed by atoms with E-state index in [1.165, 1.54) is 24.4 Å². The van der Waals surface area contributed by atoms with Crippen LogP contribution in [0.15, 0.2) is 53.5 Å². The summed E-state index contributed by atoms with van der Waals surface area (Å²) >= 11 is 0. The molecule has 1 N–H and O–H groups in total. The Morgan fingerprint density at radius 2 is 1.95 bits per heavy atom. The number of nitrogens with zero attached hydrogens (tertiary/aromatic N) is 2. The van der Waals surface area contributed by atoms with Crippen molar-refractivity contribution in [1.29, 1.82) is 0 Å². The molecule has 0 heterocycles. The van der Waals surface area contributed by atoms with Crippen LogP contribution < -0.4 is 0 Å². The Morgan fingerprint density at radius 1 is 1.20 bits per heavy atom. The molecular weight excluding hydrogens is 260 g/mol. The van der Waals surface area contributed by atoms with Crippen LogP contribution in [0.4, 0.5) is 11.4 Å². The summed E-state index contributed by atoms with van der Waals surface area (Å²) in [4.78, 5) is 25.2. The Kier molecular flexibility index (Phi) is 3.85. The molecule has 0 amide bonds. The number of aliphatic imine (C=N–C) groups is 1. The van der Waals surface area contributed by atoms with Crippen LogP contribution in [0.5, 0.6) is 0 Å². The van der Waals surface area contributed by atoms with Crippen LogP contribution in [-0.4, -0.2) is 22.2 Å². The topological polar surface area (TPSA) is 92.8 Å². The molecular formula is C14H10N2O4. The molecule has 0 aliphatic heterocycles. The Morgan fingerprint density at radius 3 is 2.65 bits per heavy atom. The number of nitro benzene ring substituents is 1. The zero-order valence-corrected chi connectivity index (χ0v) is 10.3. The first-order valence-corrected chi connectivity index (χ1v) is 5.69. The molecule has 6 nitrogen and oxygen atoms in total. The number of rotatable bonds is 4. The highest BCUT2D eigenvalue weighted by molar-refractivity contribution is 5.95. The van der Waals surface area contributed by atoms with Gasteiger partial charge in [0.25, 0.3) is 5.69 Å².